The van der Waals surface area contributed by atoms with E-state index < -0.39 is 0 Å². The van der Waals surface area contributed by atoms with Gasteiger partial charge in [-0.15, -0.1) is 0 Å². The molecular weight excluding hydrogens is 204 g/mol. The van der Waals surface area contributed by atoms with Gasteiger partial charge in [0.1, 0.15) is 17.6 Å². The van der Waals surface area contributed by atoms with Crippen LogP contribution >= 0.6 is 0 Å². The van der Waals surface area contributed by atoms with E-state index in [9.17, 15) is 0 Å². The minimum Gasteiger partial charge on any atom is -0.497 e. The maximum Gasteiger partial charge on any atom is 0.174 e. The summed E-state index contributed by atoms with van der Waals surface area (Å²) in [6, 6.07) is 7.54. The smallest absolute Gasteiger partial charge is 0.174 e. The SMILES string of the molecule is COc1ccc(CC(C)N)c(OCC#N)c1. The molecule has 1 rings (SSSR count). The van der Waals surface area contributed by atoms with Crippen molar-refractivity contribution < 1.29 is 9.47 Å². The van der Waals surface area contributed by atoms with Crippen LogP contribution in [0.4, 0.5) is 0 Å². The van der Waals surface area contributed by atoms with Gasteiger partial charge in [-0.2, -0.15) is 5.26 Å². The number of hydrogen-bond donors (Lipinski definition) is 1. The Bertz CT molecular complexity index is 383. The summed E-state index contributed by atoms with van der Waals surface area (Å²) in [5.74, 6) is 1.37. The van der Waals surface area contributed by atoms with E-state index in [-0.39, 0.29) is 12.6 Å². The van der Waals surface area contributed by atoms with E-state index in [0.717, 1.165) is 5.56 Å². The first-order chi connectivity index (χ1) is 7.67. The molecule has 1 atom stereocenters. The van der Waals surface area contributed by atoms with Crippen molar-refractivity contribution in [3.8, 4) is 17.6 Å². The molecule has 0 bridgehead atoms. The van der Waals surface area contributed by atoms with Gasteiger partial charge in [-0.25, -0.2) is 0 Å². The Morgan fingerprint density at radius 2 is 2.25 bits per heavy atom. The van der Waals surface area contributed by atoms with E-state index in [1.165, 1.54) is 0 Å². The molecule has 16 heavy (non-hydrogen) atoms. The summed E-state index contributed by atoms with van der Waals surface area (Å²) in [7, 11) is 1.59. The average Bonchev–Trinajstić information content (AvgIpc) is 2.27. The highest BCUT2D eigenvalue weighted by atomic mass is 16.5. The van der Waals surface area contributed by atoms with Crippen molar-refractivity contribution in [3.63, 3.8) is 0 Å². The van der Waals surface area contributed by atoms with Gasteiger partial charge in [0.2, 0.25) is 0 Å². The molecule has 0 heterocycles. The molecule has 86 valence electrons. The van der Waals surface area contributed by atoms with Gasteiger partial charge in [0.15, 0.2) is 6.61 Å². The van der Waals surface area contributed by atoms with Gasteiger partial charge in [-0.05, 0) is 25.0 Å². The molecule has 0 saturated heterocycles. The Morgan fingerprint density at radius 3 is 2.81 bits per heavy atom. The van der Waals surface area contributed by atoms with Crippen molar-refractivity contribution in [2.24, 2.45) is 5.73 Å². The van der Waals surface area contributed by atoms with Gasteiger partial charge < -0.3 is 15.2 Å². The standard InChI is InChI=1S/C12H16N2O2/c1-9(14)7-10-3-4-11(15-2)8-12(10)16-6-5-13/h3-4,8-9H,6-7,14H2,1-2H3. The largest absolute Gasteiger partial charge is 0.497 e. The first-order valence-electron chi connectivity index (χ1n) is 5.09. The minimum absolute atomic E-state index is 0.0269. The number of methoxy groups -OCH3 is 1. The molecule has 1 aromatic rings. The maximum absolute atomic E-state index is 8.50. The average molecular weight is 220 g/mol. The molecule has 4 heteroatoms. The Hall–Kier alpha value is -1.73. The zero-order chi connectivity index (χ0) is 12.0. The minimum atomic E-state index is 0.0269. The van der Waals surface area contributed by atoms with Crippen molar-refractivity contribution in [1.82, 2.24) is 0 Å². The molecule has 1 aromatic carbocycles. The summed E-state index contributed by atoms with van der Waals surface area (Å²) < 4.78 is 10.4. The summed E-state index contributed by atoms with van der Waals surface area (Å²) >= 11 is 0. The third-order valence-corrected chi connectivity index (χ3v) is 2.11. The van der Waals surface area contributed by atoms with Gasteiger partial charge in [0.25, 0.3) is 0 Å². The highest BCUT2D eigenvalue weighted by Crippen LogP contribution is 2.25. The lowest BCUT2D eigenvalue weighted by molar-refractivity contribution is 0.356. The summed E-state index contributed by atoms with van der Waals surface area (Å²) in [5.41, 5.74) is 6.73. The second kappa shape index (κ2) is 5.99. The maximum atomic E-state index is 8.50. The van der Waals surface area contributed by atoms with Crippen LogP contribution in [0.3, 0.4) is 0 Å². The van der Waals surface area contributed by atoms with Crippen molar-refractivity contribution in [2.75, 3.05) is 13.7 Å². The van der Waals surface area contributed by atoms with Crippen molar-refractivity contribution in [2.45, 2.75) is 19.4 Å². The van der Waals surface area contributed by atoms with Crippen LogP contribution in [-0.4, -0.2) is 19.8 Å². The quantitative estimate of drug-likeness (QED) is 0.816. The van der Waals surface area contributed by atoms with Crippen LogP contribution < -0.4 is 15.2 Å². The Kier molecular flexibility index (Phi) is 4.62. The van der Waals surface area contributed by atoms with Gasteiger partial charge in [0.05, 0.1) is 7.11 Å². The van der Waals surface area contributed by atoms with Gasteiger partial charge in [-0.1, -0.05) is 6.07 Å². The topological polar surface area (TPSA) is 68.3 Å². The lowest BCUT2D eigenvalue weighted by Crippen LogP contribution is -2.18. The second-order valence-corrected chi connectivity index (χ2v) is 3.60. The molecule has 0 aliphatic carbocycles. The van der Waals surface area contributed by atoms with E-state index in [2.05, 4.69) is 0 Å². The molecular formula is C12H16N2O2. The number of hydrogen-bond acceptors (Lipinski definition) is 4. The Labute approximate surface area is 95.6 Å². The summed E-state index contributed by atoms with van der Waals surface area (Å²) in [6.07, 6.45) is 0.713. The molecule has 0 aliphatic heterocycles. The van der Waals surface area contributed by atoms with Crippen LogP contribution in [0, 0.1) is 11.3 Å². The molecule has 0 radical (unpaired) electrons. The number of nitrogens with two attached hydrogens (primary N) is 1. The summed E-state index contributed by atoms with van der Waals surface area (Å²) in [5, 5.41) is 8.50. The number of nitrogens with zero attached hydrogens (tertiary/aromatic N) is 1. The highest BCUT2D eigenvalue weighted by molar-refractivity contribution is 5.41. The molecule has 0 amide bonds. The monoisotopic (exact) mass is 220 g/mol. The van der Waals surface area contributed by atoms with Gasteiger partial charge in [0, 0.05) is 12.1 Å². The Balaban J connectivity index is 2.92. The fourth-order valence-electron chi connectivity index (χ4n) is 1.42. The van der Waals surface area contributed by atoms with Gasteiger partial charge in [-0.3, -0.25) is 0 Å². The summed E-state index contributed by atoms with van der Waals surface area (Å²) in [6.45, 7) is 1.96. The molecule has 0 spiro atoms. The molecule has 0 saturated carbocycles. The van der Waals surface area contributed by atoms with Crippen LogP contribution in [0.15, 0.2) is 18.2 Å². The Morgan fingerprint density at radius 1 is 1.50 bits per heavy atom. The first-order valence-corrected chi connectivity index (χ1v) is 5.09. The van der Waals surface area contributed by atoms with E-state index in [4.69, 9.17) is 20.5 Å². The fourth-order valence-corrected chi connectivity index (χ4v) is 1.42. The normalized spacial score (nSPS) is 11.6. The summed E-state index contributed by atoms with van der Waals surface area (Å²) in [4.78, 5) is 0. The van der Waals surface area contributed by atoms with Crippen molar-refractivity contribution >= 4 is 0 Å². The predicted octanol–water partition coefficient (Wildman–Crippen LogP) is 1.49. The lowest BCUT2D eigenvalue weighted by atomic mass is 10.1. The van der Waals surface area contributed by atoms with Crippen LogP contribution in [0.5, 0.6) is 11.5 Å². The molecule has 0 fully saturated rings. The number of rotatable bonds is 5. The molecule has 1 unspecified atom stereocenters. The van der Waals surface area contributed by atoms with E-state index in [1.807, 2.05) is 25.1 Å². The van der Waals surface area contributed by atoms with Crippen LogP contribution in [0.2, 0.25) is 0 Å². The predicted molar refractivity (Wildman–Crippen MR) is 61.5 cm³/mol. The van der Waals surface area contributed by atoms with E-state index >= 15 is 0 Å². The zero-order valence-corrected chi connectivity index (χ0v) is 9.56. The van der Waals surface area contributed by atoms with Crippen LogP contribution in [-0.2, 0) is 6.42 Å². The number of benzene rings is 1. The first kappa shape index (κ1) is 12.3. The third kappa shape index (κ3) is 3.44. The van der Waals surface area contributed by atoms with E-state index in [1.54, 1.807) is 13.2 Å². The van der Waals surface area contributed by atoms with E-state index in [0.29, 0.717) is 17.9 Å². The third-order valence-electron chi connectivity index (χ3n) is 2.11. The van der Waals surface area contributed by atoms with Crippen molar-refractivity contribution in [3.05, 3.63) is 23.8 Å². The van der Waals surface area contributed by atoms with Gasteiger partial charge >= 0.3 is 0 Å². The number of ether oxygens (including phenoxy) is 2. The van der Waals surface area contributed by atoms with Crippen molar-refractivity contribution in [1.29, 1.82) is 5.26 Å². The molecule has 2 N–H and O–H groups in total. The molecule has 0 aliphatic rings. The number of nitriles is 1. The fraction of sp³-hybridized carbons (Fsp3) is 0.417. The van der Waals surface area contributed by atoms with Crippen LogP contribution in [0.25, 0.3) is 0 Å². The highest BCUT2D eigenvalue weighted by Gasteiger charge is 2.07. The van der Waals surface area contributed by atoms with Crippen LogP contribution in [0.1, 0.15) is 12.5 Å². The second-order valence-electron chi connectivity index (χ2n) is 3.60. The molecule has 0 aromatic heterocycles. The molecule has 4 nitrogen and oxygen atoms in total. The zero-order valence-electron chi connectivity index (χ0n) is 9.56. The lowest BCUT2D eigenvalue weighted by Gasteiger charge is -2.12.